The molecule has 2 aliphatic rings. The van der Waals surface area contributed by atoms with E-state index in [9.17, 15) is 4.79 Å². The quantitative estimate of drug-likeness (QED) is 0.861. The second kappa shape index (κ2) is 8.01. The Bertz CT molecular complexity index is 799. The Morgan fingerprint density at radius 1 is 1.07 bits per heavy atom. The highest BCUT2D eigenvalue weighted by atomic mass is 35.5. The molecule has 0 radical (unpaired) electrons. The number of amides is 1. The van der Waals surface area contributed by atoms with Gasteiger partial charge in [0.15, 0.2) is 0 Å². The minimum absolute atomic E-state index is 0.227. The molecule has 2 aromatic rings. The van der Waals surface area contributed by atoms with Crippen LogP contribution >= 0.6 is 11.6 Å². The zero-order valence-corrected chi connectivity index (χ0v) is 16.5. The third kappa shape index (κ3) is 4.52. The minimum Gasteiger partial charge on any atom is -0.339 e. The lowest BCUT2D eigenvalue weighted by Gasteiger charge is -2.32. The Hall–Kier alpha value is -1.88. The molecule has 1 N–H and O–H groups in total. The van der Waals surface area contributed by atoms with E-state index in [0.29, 0.717) is 18.5 Å². The van der Waals surface area contributed by atoms with Crippen molar-refractivity contribution in [1.82, 2.24) is 15.1 Å². The molecular weight excluding hydrogens is 358 g/mol. The van der Waals surface area contributed by atoms with Crippen molar-refractivity contribution in [2.75, 3.05) is 39.8 Å². The number of hydrogen-bond acceptors (Lipinski definition) is 3. The molecule has 1 saturated heterocycles. The van der Waals surface area contributed by atoms with Gasteiger partial charge in [-0.25, -0.2) is 0 Å². The summed E-state index contributed by atoms with van der Waals surface area (Å²) in [7, 11) is 2.10. The number of halogens is 1. The van der Waals surface area contributed by atoms with Gasteiger partial charge in [-0.15, -0.1) is 0 Å². The van der Waals surface area contributed by atoms with Gasteiger partial charge in [0.1, 0.15) is 0 Å². The smallest absolute Gasteiger partial charge is 0.236 e. The van der Waals surface area contributed by atoms with Crippen LogP contribution < -0.4 is 5.32 Å². The number of likely N-dealkylation sites (N-methyl/N-ethyl adjacent to an activating group) is 1. The summed E-state index contributed by atoms with van der Waals surface area (Å²) in [6.45, 7) is 4.07. The summed E-state index contributed by atoms with van der Waals surface area (Å²) in [6.07, 6.45) is 1.10. The molecule has 1 aliphatic heterocycles. The fourth-order valence-electron chi connectivity index (χ4n) is 3.77. The lowest BCUT2D eigenvalue weighted by molar-refractivity contribution is -0.131. The summed E-state index contributed by atoms with van der Waals surface area (Å²) < 4.78 is 0. The van der Waals surface area contributed by atoms with Crippen LogP contribution in [0.3, 0.4) is 0 Å². The van der Waals surface area contributed by atoms with Gasteiger partial charge in [0, 0.05) is 43.2 Å². The van der Waals surface area contributed by atoms with Crippen molar-refractivity contribution in [3.8, 4) is 11.1 Å². The molecule has 1 heterocycles. The number of nitrogens with zero attached hydrogens (tertiary/aromatic N) is 2. The highest BCUT2D eigenvalue weighted by molar-refractivity contribution is 6.30. The van der Waals surface area contributed by atoms with Gasteiger partial charge in [0.2, 0.25) is 5.91 Å². The second-order valence-corrected chi connectivity index (χ2v) is 8.08. The van der Waals surface area contributed by atoms with Crippen molar-refractivity contribution in [2.24, 2.45) is 0 Å². The molecule has 4 nitrogen and oxygen atoms in total. The van der Waals surface area contributed by atoms with Gasteiger partial charge in [0.25, 0.3) is 0 Å². The molecule has 1 amide bonds. The summed E-state index contributed by atoms with van der Waals surface area (Å²) in [5.74, 6) is 0.740. The van der Waals surface area contributed by atoms with E-state index in [1.54, 1.807) is 0 Å². The normalized spacial score (nSPS) is 22.7. The first-order valence-electron chi connectivity index (χ1n) is 9.66. The predicted molar refractivity (Wildman–Crippen MR) is 110 cm³/mol. The Balaban J connectivity index is 1.28. The van der Waals surface area contributed by atoms with Crippen LogP contribution in [0.2, 0.25) is 5.02 Å². The van der Waals surface area contributed by atoms with Crippen LogP contribution in [-0.4, -0.2) is 61.5 Å². The first kappa shape index (κ1) is 18.5. The zero-order chi connectivity index (χ0) is 18.8. The van der Waals surface area contributed by atoms with Crippen molar-refractivity contribution in [3.05, 3.63) is 59.1 Å². The molecule has 0 aromatic heterocycles. The Morgan fingerprint density at radius 3 is 2.52 bits per heavy atom. The van der Waals surface area contributed by atoms with Crippen molar-refractivity contribution in [1.29, 1.82) is 0 Å². The van der Waals surface area contributed by atoms with Crippen LogP contribution in [-0.2, 0) is 4.79 Å². The topological polar surface area (TPSA) is 35.6 Å². The fourth-order valence-corrected chi connectivity index (χ4v) is 3.96. The molecule has 4 rings (SSSR count). The fraction of sp³-hybridized carbons (Fsp3) is 0.409. The molecule has 0 bridgehead atoms. The maximum atomic E-state index is 12.3. The average molecular weight is 384 g/mol. The third-order valence-electron chi connectivity index (χ3n) is 5.66. The maximum absolute atomic E-state index is 12.3. The average Bonchev–Trinajstić information content (AvgIpc) is 3.46. The van der Waals surface area contributed by atoms with Crippen molar-refractivity contribution < 1.29 is 4.79 Å². The van der Waals surface area contributed by atoms with E-state index in [2.05, 4.69) is 47.6 Å². The molecule has 2 atom stereocenters. The molecule has 2 aromatic carbocycles. The van der Waals surface area contributed by atoms with Gasteiger partial charge in [-0.3, -0.25) is 4.79 Å². The van der Waals surface area contributed by atoms with Gasteiger partial charge >= 0.3 is 0 Å². The number of rotatable bonds is 5. The zero-order valence-electron chi connectivity index (χ0n) is 15.7. The standard InChI is InChI=1S/C22H26ClN3O/c1-25-9-11-26(12-10-25)22(27)15-24-21-14-20(21)17-7-5-16(6-8-17)18-3-2-4-19(23)13-18/h2-8,13,20-21,24H,9-12,14-15H2,1H3/t20-,21+/m0/s1. The number of hydrogen-bond donors (Lipinski definition) is 1. The van der Waals surface area contributed by atoms with Gasteiger partial charge < -0.3 is 15.1 Å². The Labute approximate surface area is 166 Å². The molecule has 2 fully saturated rings. The largest absolute Gasteiger partial charge is 0.339 e. The lowest BCUT2D eigenvalue weighted by atomic mass is 10.0. The summed E-state index contributed by atoms with van der Waals surface area (Å²) in [5, 5.41) is 4.20. The highest BCUT2D eigenvalue weighted by Crippen LogP contribution is 2.41. The second-order valence-electron chi connectivity index (χ2n) is 7.65. The van der Waals surface area contributed by atoms with Crippen LogP contribution in [0.4, 0.5) is 0 Å². The van der Waals surface area contributed by atoms with Gasteiger partial charge in [-0.05, 0) is 42.3 Å². The van der Waals surface area contributed by atoms with E-state index < -0.39 is 0 Å². The van der Waals surface area contributed by atoms with E-state index in [1.165, 1.54) is 11.1 Å². The molecule has 0 spiro atoms. The first-order chi connectivity index (χ1) is 13.1. The number of nitrogens with one attached hydrogen (secondary N) is 1. The molecule has 27 heavy (non-hydrogen) atoms. The molecule has 142 valence electrons. The van der Waals surface area contributed by atoms with Gasteiger partial charge in [0.05, 0.1) is 6.54 Å². The van der Waals surface area contributed by atoms with E-state index >= 15 is 0 Å². The predicted octanol–water partition coefficient (Wildman–Crippen LogP) is 3.23. The number of carbonyl (C=O) groups is 1. The summed E-state index contributed by atoms with van der Waals surface area (Å²) in [4.78, 5) is 16.6. The van der Waals surface area contributed by atoms with Crippen molar-refractivity contribution >= 4 is 17.5 Å². The lowest BCUT2D eigenvalue weighted by Crippen LogP contribution is -2.49. The minimum atomic E-state index is 0.227. The van der Waals surface area contributed by atoms with Crippen LogP contribution in [0.5, 0.6) is 0 Å². The molecule has 0 unspecified atom stereocenters. The molecule has 1 aliphatic carbocycles. The van der Waals surface area contributed by atoms with Gasteiger partial charge in [-0.2, -0.15) is 0 Å². The molecule has 5 heteroatoms. The monoisotopic (exact) mass is 383 g/mol. The van der Waals surface area contributed by atoms with Crippen LogP contribution in [0.25, 0.3) is 11.1 Å². The SMILES string of the molecule is CN1CCN(C(=O)CN[C@@H]2C[C@H]2c2ccc(-c3cccc(Cl)c3)cc2)CC1. The Kier molecular flexibility index (Phi) is 5.48. The van der Waals surface area contributed by atoms with Crippen LogP contribution in [0, 0.1) is 0 Å². The van der Waals surface area contributed by atoms with Crippen molar-refractivity contribution in [3.63, 3.8) is 0 Å². The van der Waals surface area contributed by atoms with Crippen LogP contribution in [0.15, 0.2) is 48.5 Å². The number of piperazine rings is 1. The maximum Gasteiger partial charge on any atom is 0.236 e. The number of benzene rings is 2. The van der Waals surface area contributed by atoms with Crippen LogP contribution in [0.1, 0.15) is 17.9 Å². The number of carbonyl (C=O) groups excluding carboxylic acids is 1. The van der Waals surface area contributed by atoms with E-state index in [-0.39, 0.29) is 5.91 Å². The van der Waals surface area contributed by atoms with Gasteiger partial charge in [-0.1, -0.05) is 48.0 Å². The highest BCUT2D eigenvalue weighted by Gasteiger charge is 2.38. The third-order valence-corrected chi connectivity index (χ3v) is 5.89. The summed E-state index contributed by atoms with van der Waals surface area (Å²) >= 11 is 6.09. The van der Waals surface area contributed by atoms with E-state index in [0.717, 1.165) is 43.2 Å². The van der Waals surface area contributed by atoms with E-state index in [4.69, 9.17) is 11.6 Å². The summed E-state index contributed by atoms with van der Waals surface area (Å²) in [5.41, 5.74) is 3.65. The van der Waals surface area contributed by atoms with Crippen molar-refractivity contribution in [2.45, 2.75) is 18.4 Å². The first-order valence-corrected chi connectivity index (χ1v) is 10.0. The Morgan fingerprint density at radius 2 is 1.81 bits per heavy atom. The van der Waals surface area contributed by atoms with E-state index in [1.807, 2.05) is 23.1 Å². The molecule has 1 saturated carbocycles. The molecular formula is C22H26ClN3O. The summed E-state index contributed by atoms with van der Waals surface area (Å²) in [6, 6.07) is 17.1.